The minimum atomic E-state index is -0.710. The molecule has 2 N–H and O–H groups in total. The minimum Gasteiger partial charge on any atom is -0.494 e. The van der Waals surface area contributed by atoms with Crippen molar-refractivity contribution in [2.75, 3.05) is 21.2 Å². The zero-order valence-electron chi connectivity index (χ0n) is 15.0. The van der Waals surface area contributed by atoms with E-state index in [2.05, 4.69) is 10.6 Å². The average molecular weight is 359 g/mol. The van der Waals surface area contributed by atoms with Crippen molar-refractivity contribution in [1.82, 2.24) is 15.5 Å². The standard InChI is InChI=1S/C19H22FN3O3/c1-21-19(25)22-18(24)17(14-7-5-4-6-8-14)23(2)12-13-9-10-16(26-3)15(20)11-13/h4-11,17H,12H2,1-3H3,(H2,21,22,24,25). The molecule has 138 valence electrons. The van der Waals surface area contributed by atoms with Crippen LogP contribution in [0.5, 0.6) is 5.75 Å². The SMILES string of the molecule is CNC(=O)NC(=O)C(c1ccccc1)N(C)Cc1ccc(OC)c(F)c1. The van der Waals surface area contributed by atoms with E-state index >= 15 is 0 Å². The number of amides is 3. The lowest BCUT2D eigenvalue weighted by Gasteiger charge is -2.27. The van der Waals surface area contributed by atoms with E-state index in [4.69, 9.17) is 4.74 Å². The van der Waals surface area contributed by atoms with Gasteiger partial charge in [-0.1, -0.05) is 36.4 Å². The number of carbonyl (C=O) groups excluding carboxylic acids is 2. The predicted octanol–water partition coefficient (Wildman–Crippen LogP) is 2.46. The van der Waals surface area contributed by atoms with Gasteiger partial charge in [0.1, 0.15) is 6.04 Å². The first-order valence-corrected chi connectivity index (χ1v) is 8.06. The molecular formula is C19H22FN3O3. The summed E-state index contributed by atoms with van der Waals surface area (Å²) in [5.74, 6) is -0.773. The van der Waals surface area contributed by atoms with Crippen LogP contribution >= 0.6 is 0 Å². The first-order chi connectivity index (χ1) is 12.5. The van der Waals surface area contributed by atoms with E-state index in [1.54, 1.807) is 36.2 Å². The fourth-order valence-corrected chi connectivity index (χ4v) is 2.67. The number of benzene rings is 2. The van der Waals surface area contributed by atoms with Crippen LogP contribution in [0.1, 0.15) is 17.2 Å². The summed E-state index contributed by atoms with van der Waals surface area (Å²) in [5.41, 5.74) is 1.41. The summed E-state index contributed by atoms with van der Waals surface area (Å²) in [7, 11) is 4.58. The topological polar surface area (TPSA) is 70.7 Å². The molecule has 7 heteroatoms. The molecule has 0 aliphatic carbocycles. The van der Waals surface area contributed by atoms with E-state index in [1.807, 2.05) is 18.2 Å². The van der Waals surface area contributed by atoms with Gasteiger partial charge < -0.3 is 10.1 Å². The van der Waals surface area contributed by atoms with Crippen LogP contribution in [-0.2, 0) is 11.3 Å². The van der Waals surface area contributed by atoms with Gasteiger partial charge in [0.05, 0.1) is 7.11 Å². The van der Waals surface area contributed by atoms with Crippen LogP contribution in [-0.4, -0.2) is 38.0 Å². The number of hydrogen-bond donors (Lipinski definition) is 2. The molecule has 26 heavy (non-hydrogen) atoms. The number of rotatable bonds is 6. The van der Waals surface area contributed by atoms with Crippen molar-refractivity contribution >= 4 is 11.9 Å². The van der Waals surface area contributed by atoms with Gasteiger partial charge >= 0.3 is 6.03 Å². The number of nitrogens with one attached hydrogen (secondary N) is 2. The smallest absolute Gasteiger partial charge is 0.321 e. The highest BCUT2D eigenvalue weighted by atomic mass is 19.1. The molecule has 2 aromatic rings. The average Bonchev–Trinajstić information content (AvgIpc) is 2.62. The Hall–Kier alpha value is -2.93. The van der Waals surface area contributed by atoms with Crippen molar-refractivity contribution in [2.45, 2.75) is 12.6 Å². The van der Waals surface area contributed by atoms with Gasteiger partial charge in [0.2, 0.25) is 5.91 Å². The van der Waals surface area contributed by atoms with Crippen molar-refractivity contribution in [3.05, 3.63) is 65.5 Å². The molecule has 0 aliphatic rings. The fourth-order valence-electron chi connectivity index (χ4n) is 2.67. The van der Waals surface area contributed by atoms with Crippen molar-refractivity contribution < 1.29 is 18.7 Å². The molecule has 6 nitrogen and oxygen atoms in total. The number of urea groups is 1. The van der Waals surface area contributed by atoms with E-state index in [0.29, 0.717) is 12.1 Å². The van der Waals surface area contributed by atoms with Crippen LogP contribution in [0.25, 0.3) is 0 Å². The highest BCUT2D eigenvalue weighted by molar-refractivity contribution is 5.97. The highest BCUT2D eigenvalue weighted by Crippen LogP contribution is 2.24. The first-order valence-electron chi connectivity index (χ1n) is 8.06. The summed E-state index contributed by atoms with van der Waals surface area (Å²) >= 11 is 0. The Labute approximate surface area is 152 Å². The summed E-state index contributed by atoms with van der Waals surface area (Å²) in [6, 6.07) is 12.4. The molecule has 0 saturated carbocycles. The van der Waals surface area contributed by atoms with E-state index < -0.39 is 23.8 Å². The third kappa shape index (κ3) is 4.80. The van der Waals surface area contributed by atoms with E-state index in [1.165, 1.54) is 20.2 Å². The third-order valence-corrected chi connectivity index (χ3v) is 3.92. The second-order valence-corrected chi connectivity index (χ2v) is 5.77. The third-order valence-electron chi connectivity index (χ3n) is 3.92. The summed E-state index contributed by atoms with van der Waals surface area (Å²) in [6.45, 7) is 0.307. The lowest BCUT2D eigenvalue weighted by molar-refractivity contribution is -0.125. The van der Waals surface area contributed by atoms with Crippen molar-refractivity contribution in [1.29, 1.82) is 0 Å². The molecule has 1 atom stereocenters. The van der Waals surface area contributed by atoms with Gasteiger partial charge in [-0.25, -0.2) is 9.18 Å². The Morgan fingerprint density at radius 1 is 1.19 bits per heavy atom. The Morgan fingerprint density at radius 3 is 2.46 bits per heavy atom. The van der Waals surface area contributed by atoms with Crippen molar-refractivity contribution in [3.63, 3.8) is 0 Å². The molecule has 0 heterocycles. The largest absolute Gasteiger partial charge is 0.494 e. The second kappa shape index (κ2) is 8.96. The minimum absolute atomic E-state index is 0.161. The number of likely N-dealkylation sites (N-methyl/N-ethyl adjacent to an activating group) is 1. The van der Waals surface area contributed by atoms with Crippen LogP contribution in [0.2, 0.25) is 0 Å². The predicted molar refractivity (Wildman–Crippen MR) is 96.2 cm³/mol. The summed E-state index contributed by atoms with van der Waals surface area (Å²) < 4.78 is 18.8. The summed E-state index contributed by atoms with van der Waals surface area (Å²) in [4.78, 5) is 25.9. The molecule has 1 unspecified atom stereocenters. The number of ether oxygens (including phenoxy) is 1. The van der Waals surface area contributed by atoms with Crippen molar-refractivity contribution in [2.24, 2.45) is 0 Å². The van der Waals surface area contributed by atoms with Gasteiger partial charge in [-0.15, -0.1) is 0 Å². The molecule has 0 radical (unpaired) electrons. The second-order valence-electron chi connectivity index (χ2n) is 5.77. The maximum absolute atomic E-state index is 13.9. The Bertz CT molecular complexity index is 768. The Morgan fingerprint density at radius 2 is 1.88 bits per heavy atom. The number of hydrogen-bond acceptors (Lipinski definition) is 4. The molecule has 0 bridgehead atoms. The zero-order chi connectivity index (χ0) is 19.1. The van der Waals surface area contributed by atoms with E-state index in [-0.39, 0.29) is 5.75 Å². The number of halogens is 1. The van der Waals surface area contributed by atoms with E-state index in [9.17, 15) is 14.0 Å². The molecule has 0 saturated heterocycles. The van der Waals surface area contributed by atoms with Gasteiger partial charge in [0.25, 0.3) is 0 Å². The molecule has 0 spiro atoms. The maximum atomic E-state index is 13.9. The van der Waals surface area contributed by atoms with Gasteiger partial charge in [-0.3, -0.25) is 15.0 Å². The molecule has 0 aromatic heterocycles. The van der Waals surface area contributed by atoms with Crippen molar-refractivity contribution in [3.8, 4) is 5.75 Å². The molecule has 2 aromatic carbocycles. The lowest BCUT2D eigenvalue weighted by atomic mass is 10.0. The first kappa shape index (κ1) is 19.4. The summed E-state index contributed by atoms with van der Waals surface area (Å²) in [5, 5.41) is 4.66. The van der Waals surface area contributed by atoms with E-state index in [0.717, 1.165) is 5.56 Å². The van der Waals surface area contributed by atoms with Crippen LogP contribution in [0.15, 0.2) is 48.5 Å². The normalized spacial score (nSPS) is 11.7. The molecular weight excluding hydrogens is 337 g/mol. The van der Waals surface area contributed by atoms with Crippen LogP contribution < -0.4 is 15.4 Å². The van der Waals surface area contributed by atoms with Crippen LogP contribution in [0.3, 0.4) is 0 Å². The number of methoxy groups -OCH3 is 1. The summed E-state index contributed by atoms with van der Waals surface area (Å²) in [6.07, 6.45) is 0. The Kier molecular flexibility index (Phi) is 6.68. The number of nitrogens with zero attached hydrogens (tertiary/aromatic N) is 1. The van der Waals surface area contributed by atoms with Gasteiger partial charge in [-0.2, -0.15) is 0 Å². The lowest BCUT2D eigenvalue weighted by Crippen LogP contribution is -2.44. The number of imide groups is 1. The van der Waals surface area contributed by atoms with Gasteiger partial charge in [-0.05, 0) is 30.3 Å². The molecule has 0 fully saturated rings. The molecule has 3 amide bonds. The van der Waals surface area contributed by atoms with Crippen LogP contribution in [0.4, 0.5) is 9.18 Å². The molecule has 2 rings (SSSR count). The van der Waals surface area contributed by atoms with Gasteiger partial charge in [0, 0.05) is 13.6 Å². The number of carbonyl (C=O) groups is 2. The van der Waals surface area contributed by atoms with Crippen LogP contribution in [0, 0.1) is 5.82 Å². The molecule has 0 aliphatic heterocycles. The zero-order valence-corrected chi connectivity index (χ0v) is 15.0. The monoisotopic (exact) mass is 359 g/mol. The highest BCUT2D eigenvalue weighted by Gasteiger charge is 2.26. The fraction of sp³-hybridized carbons (Fsp3) is 0.263. The maximum Gasteiger partial charge on any atom is 0.321 e. The van der Waals surface area contributed by atoms with Gasteiger partial charge in [0.15, 0.2) is 11.6 Å². The quantitative estimate of drug-likeness (QED) is 0.831. The Balaban J connectivity index is 2.25.